The Morgan fingerprint density at radius 3 is 1.45 bits per heavy atom. The summed E-state index contributed by atoms with van der Waals surface area (Å²) in [6.07, 6.45) is 59.9. The first kappa shape index (κ1) is 57.2. The highest BCUT2D eigenvalue weighted by molar-refractivity contribution is 5.79. The van der Waals surface area contributed by atoms with Crippen LogP contribution in [-0.2, 0) is 14.3 Å². The van der Waals surface area contributed by atoms with Gasteiger partial charge in [-0.1, -0.05) is 249 Å². The fourth-order valence-electron chi connectivity index (χ4n) is 6.41. The van der Waals surface area contributed by atoms with E-state index < -0.39 is 18.0 Å². The number of unbranched alkanes of at least 4 members (excludes halogenated alkanes) is 19. The van der Waals surface area contributed by atoms with Crippen molar-refractivity contribution in [3.05, 3.63) is 85.1 Å². The second-order valence-electron chi connectivity index (χ2n) is 15.8. The van der Waals surface area contributed by atoms with Crippen molar-refractivity contribution in [2.24, 2.45) is 11.8 Å². The monoisotopic (exact) mass is 809 g/mol. The molecule has 0 saturated carbocycles. The van der Waals surface area contributed by atoms with E-state index in [0.717, 1.165) is 51.4 Å². The van der Waals surface area contributed by atoms with Crippen molar-refractivity contribution in [1.29, 1.82) is 0 Å². The number of hydrogen-bond donors (Lipinski definition) is 2. The van der Waals surface area contributed by atoms with E-state index in [1.807, 2.05) is 24.3 Å². The lowest BCUT2D eigenvalue weighted by Crippen LogP contribution is -2.43. The minimum Gasteiger partial charge on any atom is -0.481 e. The number of carboxylic acids is 1. The van der Waals surface area contributed by atoms with E-state index in [0.29, 0.717) is 6.42 Å². The Kier molecular flexibility index (Phi) is 46.1. The lowest BCUT2D eigenvalue weighted by Gasteiger charge is -2.33. The molecule has 1 heterocycles. The number of allylic oxidation sites excluding steroid dienone is 12. The molecule has 0 radical (unpaired) electrons. The maximum absolute atomic E-state index is 11.5. The fourth-order valence-corrected chi connectivity index (χ4v) is 6.41. The van der Waals surface area contributed by atoms with Crippen LogP contribution in [0.15, 0.2) is 85.1 Å². The topological polar surface area (TPSA) is 83.8 Å². The van der Waals surface area contributed by atoms with Crippen molar-refractivity contribution in [3.63, 3.8) is 0 Å². The Morgan fingerprint density at radius 1 is 0.534 bits per heavy atom. The van der Waals surface area contributed by atoms with Gasteiger partial charge in [0.15, 0.2) is 0 Å². The summed E-state index contributed by atoms with van der Waals surface area (Å²) in [5.74, 6) is -1.49. The summed E-state index contributed by atoms with van der Waals surface area (Å²) in [5, 5.41) is 19.2. The number of rotatable bonds is 35. The molecule has 58 heavy (non-hydrogen) atoms. The number of carboxylic acid groups (broad SMARTS) is 1. The van der Waals surface area contributed by atoms with Crippen LogP contribution in [0.2, 0.25) is 0 Å². The molecule has 0 aromatic carbocycles. The zero-order chi connectivity index (χ0) is 43.2. The predicted molar refractivity (Wildman–Crippen MR) is 253 cm³/mol. The highest BCUT2D eigenvalue weighted by Gasteiger charge is 2.39. The molecule has 0 aromatic rings. The Balaban J connectivity index is 0. The average Bonchev–Trinajstić information content (AvgIpc) is 3.21. The van der Waals surface area contributed by atoms with Crippen LogP contribution >= 0.6 is 0 Å². The Morgan fingerprint density at radius 2 is 0.966 bits per heavy atom. The van der Waals surface area contributed by atoms with Crippen LogP contribution in [0.5, 0.6) is 0 Å². The van der Waals surface area contributed by atoms with Crippen LogP contribution in [0, 0.1) is 11.8 Å². The van der Waals surface area contributed by atoms with Crippen molar-refractivity contribution in [1.82, 2.24) is 0 Å². The number of hydrogen-bond acceptors (Lipinski definition) is 4. The zero-order valence-corrected chi connectivity index (χ0v) is 38.6. The quantitative estimate of drug-likeness (QED) is 0.0378. The number of aliphatic hydroxyl groups excluding tert-OH is 1. The number of carbonyl (C=O) groups is 2. The molecule has 1 rings (SSSR count). The second-order valence-corrected chi connectivity index (χ2v) is 15.8. The molecule has 1 saturated heterocycles. The van der Waals surface area contributed by atoms with Gasteiger partial charge in [-0.2, -0.15) is 0 Å². The minimum absolute atomic E-state index is 0.00857. The van der Waals surface area contributed by atoms with Gasteiger partial charge in [0.25, 0.3) is 0 Å². The van der Waals surface area contributed by atoms with E-state index in [2.05, 4.69) is 90.2 Å². The van der Waals surface area contributed by atoms with Gasteiger partial charge in [0.05, 0.1) is 17.9 Å². The van der Waals surface area contributed by atoms with Crippen LogP contribution in [0.1, 0.15) is 215 Å². The summed E-state index contributed by atoms with van der Waals surface area (Å²) in [7, 11) is 0. The van der Waals surface area contributed by atoms with Crippen molar-refractivity contribution in [2.75, 3.05) is 0 Å². The molecule has 0 aromatic heterocycles. The molecule has 4 unspecified atom stereocenters. The normalized spacial score (nSPS) is 16.7. The molecule has 0 bridgehead atoms. The van der Waals surface area contributed by atoms with Gasteiger partial charge in [-0.25, -0.2) is 0 Å². The van der Waals surface area contributed by atoms with Gasteiger partial charge >= 0.3 is 11.9 Å². The molecule has 0 spiro atoms. The Labute approximate surface area is 359 Å². The molecule has 4 atom stereocenters. The van der Waals surface area contributed by atoms with Crippen LogP contribution in [0.25, 0.3) is 0 Å². The second kappa shape index (κ2) is 46.8. The highest BCUT2D eigenvalue weighted by Crippen LogP contribution is 2.29. The molecule has 1 fully saturated rings. The molecule has 2 N–H and O–H groups in total. The molecule has 5 heteroatoms. The third kappa shape index (κ3) is 38.6. The van der Waals surface area contributed by atoms with Gasteiger partial charge in [0.2, 0.25) is 0 Å². The van der Waals surface area contributed by atoms with Gasteiger partial charge in [-0.3, -0.25) is 9.59 Å². The van der Waals surface area contributed by atoms with Crippen molar-refractivity contribution in [3.8, 4) is 0 Å². The van der Waals surface area contributed by atoms with Gasteiger partial charge in [0, 0.05) is 0 Å². The summed E-state index contributed by atoms with van der Waals surface area (Å²) in [4.78, 5) is 22.7. The maximum atomic E-state index is 11.5. The molecule has 1 aliphatic heterocycles. The van der Waals surface area contributed by atoms with Crippen molar-refractivity contribution >= 4 is 11.9 Å². The SMILES string of the molecule is CCCC=CC=CC(O)C(CCCCCCCC)C(=O)O.CCCC=CC=CC1OC(=O)C1CCCCCCCC.CCCC=CC=CC=CCCCCCCCC. The lowest BCUT2D eigenvalue weighted by molar-refractivity contribution is -0.178. The van der Waals surface area contributed by atoms with Crippen LogP contribution in [-0.4, -0.2) is 34.4 Å². The summed E-state index contributed by atoms with van der Waals surface area (Å²) < 4.78 is 5.19. The number of ether oxygens (including phenoxy) is 1. The number of aliphatic carboxylic acids is 1. The Hall–Kier alpha value is -2.92. The molecule has 1 aliphatic rings. The summed E-state index contributed by atoms with van der Waals surface area (Å²) in [6, 6.07) is 0. The smallest absolute Gasteiger partial charge is 0.313 e. The van der Waals surface area contributed by atoms with E-state index in [1.54, 1.807) is 12.2 Å². The third-order valence-corrected chi connectivity index (χ3v) is 10.2. The fraction of sp³-hybridized carbons (Fsp3) is 0.698. The van der Waals surface area contributed by atoms with E-state index >= 15 is 0 Å². The standard InChI is InChI=1S/C18H32O3.C18H30O2.C17H30/c1-3-5-7-9-11-12-14-16(18(20)21)17(19)15-13-10-8-6-4-2;1-3-5-7-9-11-12-14-16-17(20-18(16)19)15-13-10-8-6-4-2;1-3-5-7-9-11-13-15-17-16-14-12-10-8-6-4-2/h8,10,13,15-17,19H,3-7,9,11-12,14H2,1-2H3,(H,20,21);8,10,13,15-17H,3-7,9,11-12,14H2,1-2H3;7,9,11,13,15,17H,3-6,8,10,12,14,16H2,1-2H3. The Bertz CT molecular complexity index is 1110. The molecular formula is C53H92O5. The molecule has 0 aliphatic carbocycles. The number of aliphatic hydroxyl groups is 1. The highest BCUT2D eigenvalue weighted by atomic mass is 16.6. The molecule has 5 nitrogen and oxygen atoms in total. The number of esters is 1. The van der Waals surface area contributed by atoms with E-state index in [1.165, 1.54) is 116 Å². The van der Waals surface area contributed by atoms with Gasteiger partial charge in [-0.15, -0.1) is 0 Å². The van der Waals surface area contributed by atoms with Crippen molar-refractivity contribution < 1.29 is 24.5 Å². The van der Waals surface area contributed by atoms with Gasteiger partial charge in [0.1, 0.15) is 6.10 Å². The average molecular weight is 809 g/mol. The molecule has 334 valence electrons. The summed E-state index contributed by atoms with van der Waals surface area (Å²) >= 11 is 0. The zero-order valence-electron chi connectivity index (χ0n) is 38.6. The molecule has 0 amide bonds. The first-order valence-electron chi connectivity index (χ1n) is 24.1. The third-order valence-electron chi connectivity index (χ3n) is 10.2. The number of cyclic esters (lactones) is 1. The first-order chi connectivity index (χ1) is 28.3. The number of carbonyl (C=O) groups excluding carboxylic acids is 1. The lowest BCUT2D eigenvalue weighted by atomic mass is 9.90. The van der Waals surface area contributed by atoms with E-state index in [4.69, 9.17) is 4.74 Å². The summed E-state index contributed by atoms with van der Waals surface area (Å²) in [6.45, 7) is 13.1. The largest absolute Gasteiger partial charge is 0.481 e. The van der Waals surface area contributed by atoms with E-state index in [9.17, 15) is 19.8 Å². The molecular weight excluding hydrogens is 717 g/mol. The van der Waals surface area contributed by atoms with E-state index in [-0.39, 0.29) is 18.0 Å². The maximum Gasteiger partial charge on any atom is 0.313 e. The van der Waals surface area contributed by atoms with Crippen LogP contribution in [0.3, 0.4) is 0 Å². The van der Waals surface area contributed by atoms with Crippen LogP contribution in [0.4, 0.5) is 0 Å². The predicted octanol–water partition coefficient (Wildman–Crippen LogP) is 16.1. The minimum atomic E-state index is -0.904. The summed E-state index contributed by atoms with van der Waals surface area (Å²) in [5.41, 5.74) is 0. The van der Waals surface area contributed by atoms with Crippen molar-refractivity contribution in [2.45, 2.75) is 227 Å². The van der Waals surface area contributed by atoms with Gasteiger partial charge < -0.3 is 14.9 Å². The van der Waals surface area contributed by atoms with Gasteiger partial charge in [-0.05, 0) is 51.0 Å². The first-order valence-corrected chi connectivity index (χ1v) is 24.1. The van der Waals surface area contributed by atoms with Crippen LogP contribution < -0.4 is 0 Å².